The van der Waals surface area contributed by atoms with E-state index in [0.717, 1.165) is 67.5 Å². The molecule has 15 aromatic rings. The first-order chi connectivity index (χ1) is 50.3. The molecule has 6 nitrogen and oxygen atoms in total. The number of aromatic nitrogens is 6. The van der Waals surface area contributed by atoms with Crippen LogP contribution in [0.1, 0.15) is 11.1 Å². The maximum absolute atomic E-state index is 4.47. The van der Waals surface area contributed by atoms with Crippen LogP contribution in [-0.2, 0) is 60.3 Å². The molecule has 0 spiro atoms. The molecule has 543 valence electrons. The summed E-state index contributed by atoms with van der Waals surface area (Å²) >= 11 is 0. The molecule has 0 amide bonds. The Morgan fingerprint density at radius 2 is 0.514 bits per heavy atom. The summed E-state index contributed by atoms with van der Waals surface area (Å²) in [6.45, 7) is 25.5. The fourth-order valence-electron chi connectivity index (χ4n) is 10.8. The van der Waals surface area contributed by atoms with Gasteiger partial charge in [0, 0.05) is 97.5 Å². The minimum atomic E-state index is -1.29. The van der Waals surface area contributed by atoms with E-state index in [1.807, 2.05) is 183 Å². The molecular weight excluding hydrogens is 1890 g/mol. The van der Waals surface area contributed by atoms with Crippen LogP contribution in [0.5, 0.6) is 0 Å². The quantitative estimate of drug-likeness (QED) is 0.0896. The third-order valence-corrected chi connectivity index (χ3v) is 23.1. The Labute approximate surface area is 679 Å². The molecule has 107 heavy (non-hydrogen) atoms. The van der Waals surface area contributed by atoms with Crippen LogP contribution in [0.25, 0.3) is 101 Å². The third-order valence-electron chi connectivity index (χ3n) is 16.9. The van der Waals surface area contributed by atoms with E-state index in [9.17, 15) is 0 Å². The summed E-state index contributed by atoms with van der Waals surface area (Å²) in [7, 11) is -3.80. The average molecular weight is 1970 g/mol. The SMILES string of the molecule is C[Si](C)(C)c1cccc(-c2c[c-]c(-c3ccccn3)cc2)c1.Cc1ccc(-c2[c-]cc(-c3ccc([Si](C)(C)C)cc3)cc2)nc1.Cc1ccc(-c2[c-]cc(-c3cccc([Si](C)(C)C)c3)cc2)nc1.[Ir].[Ir].[Ir].[c-]1ccccc1-c1ccccn1.[c-]1ccccc1-c1ccccn1.[c-]1ccccc1-c1ccccn1. The van der Waals surface area contributed by atoms with Crippen LogP contribution in [0.3, 0.4) is 0 Å². The van der Waals surface area contributed by atoms with E-state index >= 15 is 0 Å². The van der Waals surface area contributed by atoms with Crippen molar-refractivity contribution in [3.8, 4) is 101 Å². The number of hydrogen-bond donors (Lipinski definition) is 0. The van der Waals surface area contributed by atoms with Crippen LogP contribution >= 0.6 is 0 Å². The van der Waals surface area contributed by atoms with Crippen LogP contribution in [0.4, 0.5) is 0 Å². The van der Waals surface area contributed by atoms with Crippen LogP contribution < -0.4 is 15.6 Å². The van der Waals surface area contributed by atoms with Crippen molar-refractivity contribution < 1.29 is 60.3 Å². The van der Waals surface area contributed by atoms with Crippen LogP contribution in [-0.4, -0.2) is 54.1 Å². The van der Waals surface area contributed by atoms with Crippen LogP contribution in [0, 0.1) is 50.2 Å². The maximum atomic E-state index is 4.47. The first-order valence-corrected chi connectivity index (χ1v) is 45.6. The molecule has 0 fully saturated rings. The molecule has 12 heteroatoms. The van der Waals surface area contributed by atoms with Gasteiger partial charge in [-0.05, 0) is 83.4 Å². The second kappa shape index (κ2) is 42.1. The molecule has 0 saturated heterocycles. The molecule has 0 atom stereocenters. The standard InChI is InChI=1S/2C21H22NSi.C20H20NSi.3C11H8N.3Ir/c1-16-5-14-21(22-15-16)19-8-6-17(7-9-19)18-10-12-20(13-11-18)23(2,3)4;1-16-8-13-21(22-15-16)18-11-9-17(10-12-18)19-6-5-7-20(14-19)23(2,3)4;1-22(2,3)19-8-6-7-18(15-19)16-10-12-17(13-11-16)20-9-4-5-14-21-20;3*1-2-6-10(7-3-1)11-8-4-5-9-12-11;;;/h5-8,10-15H,1-4H3;5-11,13-15H,1-4H3;4-12,14-15H,1-3H3;3*1-6,8-9H;;;/q6*-1;;;. The average Bonchev–Trinajstić information content (AvgIpc) is 0.829. The van der Waals surface area contributed by atoms with Crippen molar-refractivity contribution in [3.05, 3.63) is 382 Å². The van der Waals surface area contributed by atoms with Crippen molar-refractivity contribution in [2.24, 2.45) is 0 Å². The summed E-state index contributed by atoms with van der Waals surface area (Å²) < 4.78 is 0. The van der Waals surface area contributed by atoms with Crippen molar-refractivity contribution in [2.45, 2.75) is 72.8 Å². The van der Waals surface area contributed by atoms with Crippen molar-refractivity contribution in [2.75, 3.05) is 0 Å². The molecule has 0 unspecified atom stereocenters. The second-order valence-electron chi connectivity index (χ2n) is 28.1. The summed E-state index contributed by atoms with van der Waals surface area (Å²) in [4.78, 5) is 26.0. The van der Waals surface area contributed by atoms with Gasteiger partial charge in [-0.2, -0.15) is 0 Å². The first kappa shape index (κ1) is 84.7. The topological polar surface area (TPSA) is 77.3 Å². The van der Waals surface area contributed by atoms with E-state index in [2.05, 4.69) is 272 Å². The van der Waals surface area contributed by atoms with Gasteiger partial charge in [0.1, 0.15) is 0 Å². The van der Waals surface area contributed by atoms with Gasteiger partial charge in [0.25, 0.3) is 0 Å². The van der Waals surface area contributed by atoms with Gasteiger partial charge in [-0.15, -0.1) is 197 Å². The van der Waals surface area contributed by atoms with E-state index < -0.39 is 24.2 Å². The number of rotatable bonds is 12. The zero-order chi connectivity index (χ0) is 73.2. The molecule has 0 aliphatic heterocycles. The van der Waals surface area contributed by atoms with Gasteiger partial charge in [-0.3, -0.25) is 0 Å². The molecule has 0 saturated carbocycles. The van der Waals surface area contributed by atoms with E-state index in [1.165, 1.54) is 60.1 Å². The van der Waals surface area contributed by atoms with Gasteiger partial charge >= 0.3 is 0 Å². The van der Waals surface area contributed by atoms with E-state index in [1.54, 1.807) is 18.6 Å². The Balaban J connectivity index is 0.000000182. The third kappa shape index (κ3) is 26.4. The van der Waals surface area contributed by atoms with Crippen molar-refractivity contribution in [1.82, 2.24) is 29.9 Å². The van der Waals surface area contributed by atoms with Crippen molar-refractivity contribution >= 4 is 39.8 Å². The molecule has 6 aromatic heterocycles. The predicted molar refractivity (Wildman–Crippen MR) is 446 cm³/mol. The first-order valence-electron chi connectivity index (χ1n) is 35.1. The second-order valence-corrected chi connectivity index (χ2v) is 43.3. The number of benzene rings is 9. The number of hydrogen-bond acceptors (Lipinski definition) is 6. The molecule has 6 heterocycles. The van der Waals surface area contributed by atoms with Crippen LogP contribution in [0.15, 0.2) is 334 Å². The van der Waals surface area contributed by atoms with Crippen molar-refractivity contribution in [1.29, 1.82) is 0 Å². The van der Waals surface area contributed by atoms with E-state index in [-0.39, 0.29) is 60.3 Å². The van der Waals surface area contributed by atoms with Gasteiger partial charge in [0.2, 0.25) is 0 Å². The minimum absolute atomic E-state index is 0. The smallest absolute Gasteiger partial charge is 0.0775 e. The molecule has 9 aromatic carbocycles. The van der Waals surface area contributed by atoms with Crippen LogP contribution in [0.2, 0.25) is 58.9 Å². The Bertz CT molecular complexity index is 4710. The summed E-state index contributed by atoms with van der Waals surface area (Å²) in [6.07, 6.45) is 11.0. The summed E-state index contributed by atoms with van der Waals surface area (Å²) in [5.74, 6) is 0. The van der Waals surface area contributed by atoms with E-state index in [4.69, 9.17) is 0 Å². The normalized spacial score (nSPS) is 10.5. The fourth-order valence-corrected chi connectivity index (χ4v) is 14.3. The van der Waals surface area contributed by atoms with E-state index in [0.29, 0.717) is 0 Å². The van der Waals surface area contributed by atoms with Crippen molar-refractivity contribution in [3.63, 3.8) is 0 Å². The number of pyridine rings is 6. The maximum Gasteiger partial charge on any atom is 0.0775 e. The van der Waals surface area contributed by atoms with Gasteiger partial charge in [-0.25, -0.2) is 0 Å². The molecule has 0 N–H and O–H groups in total. The molecule has 0 aliphatic carbocycles. The summed E-state index contributed by atoms with van der Waals surface area (Å²) in [5.41, 5.74) is 21.8. The Hall–Kier alpha value is -9.52. The van der Waals surface area contributed by atoms with Gasteiger partial charge < -0.3 is 29.9 Å². The Kier molecular flexibility index (Phi) is 33.4. The summed E-state index contributed by atoms with van der Waals surface area (Å²) in [6, 6.07) is 121. The number of nitrogens with zero attached hydrogens (tertiary/aromatic N) is 6. The van der Waals surface area contributed by atoms with Gasteiger partial charge in [0.05, 0.1) is 24.2 Å². The molecule has 0 bridgehead atoms. The van der Waals surface area contributed by atoms with Gasteiger partial charge in [-0.1, -0.05) is 253 Å². The van der Waals surface area contributed by atoms with Gasteiger partial charge in [0.15, 0.2) is 0 Å². The largest absolute Gasteiger partial charge is 0.305 e. The predicted octanol–water partition coefficient (Wildman–Crippen LogP) is 22.5. The fraction of sp³-hybridized carbons (Fsp3) is 0.116. The molecule has 15 rings (SSSR count). The Morgan fingerprint density at radius 3 is 0.766 bits per heavy atom. The molecule has 3 radical (unpaired) electrons. The zero-order valence-corrected chi connectivity index (χ0v) is 72.6. The monoisotopic (exact) mass is 1980 g/mol. The summed E-state index contributed by atoms with van der Waals surface area (Å²) in [5, 5.41) is 4.46. The molecular formula is C95H88Ir3N6Si3-6. The Morgan fingerprint density at radius 1 is 0.224 bits per heavy atom. The zero-order valence-electron chi connectivity index (χ0n) is 62.4. The number of aryl methyl sites for hydroxylation is 2. The molecule has 0 aliphatic rings. The minimum Gasteiger partial charge on any atom is -0.305 e.